The Bertz CT molecular complexity index is 1060. The van der Waals surface area contributed by atoms with Crippen LogP contribution in [0.3, 0.4) is 0 Å². The first kappa shape index (κ1) is 21.9. The minimum Gasteiger partial charge on any atom is -0.489 e. The largest absolute Gasteiger partial charge is 0.489 e. The van der Waals surface area contributed by atoms with Crippen molar-refractivity contribution in [3.8, 4) is 17.6 Å². The molecule has 0 aromatic heterocycles. The first-order valence-electron chi connectivity index (χ1n) is 9.72. The van der Waals surface area contributed by atoms with E-state index in [1.54, 1.807) is 0 Å². The van der Waals surface area contributed by atoms with E-state index in [0.717, 1.165) is 33.6 Å². The Kier molecular flexibility index (Phi) is 7.92. The van der Waals surface area contributed by atoms with Crippen LogP contribution in [0.25, 0.3) is 0 Å². The van der Waals surface area contributed by atoms with Crippen LogP contribution in [-0.4, -0.2) is 12.6 Å². The third kappa shape index (κ3) is 6.93. The van der Waals surface area contributed by atoms with Crippen LogP contribution in [0, 0.1) is 22.3 Å². The van der Waals surface area contributed by atoms with E-state index >= 15 is 0 Å². The van der Waals surface area contributed by atoms with Crippen LogP contribution in [0.1, 0.15) is 34.7 Å². The number of esters is 1. The number of carbonyl (C=O) groups excluding carboxylic acids is 1. The minimum absolute atomic E-state index is 0.251. The predicted molar refractivity (Wildman–Crippen MR) is 127 cm³/mol. The van der Waals surface area contributed by atoms with E-state index in [9.17, 15) is 4.79 Å². The van der Waals surface area contributed by atoms with E-state index in [4.69, 9.17) is 9.47 Å². The molecule has 152 valence electrons. The lowest BCUT2D eigenvalue weighted by Crippen LogP contribution is -2.03. The van der Waals surface area contributed by atoms with Gasteiger partial charge in [-0.25, -0.2) is 0 Å². The van der Waals surface area contributed by atoms with E-state index in [-0.39, 0.29) is 5.97 Å². The van der Waals surface area contributed by atoms with Crippen molar-refractivity contribution in [2.45, 2.75) is 26.9 Å². The van der Waals surface area contributed by atoms with E-state index in [1.165, 1.54) is 10.5 Å². The van der Waals surface area contributed by atoms with Gasteiger partial charge in [0, 0.05) is 28.0 Å². The third-order valence-electron chi connectivity index (χ3n) is 4.48. The second-order valence-corrected chi connectivity index (χ2v) is 8.18. The maximum absolute atomic E-state index is 10.8. The fourth-order valence-electron chi connectivity index (χ4n) is 2.84. The summed E-state index contributed by atoms with van der Waals surface area (Å²) in [5, 5.41) is 0. The van der Waals surface area contributed by atoms with E-state index in [2.05, 4.69) is 58.7 Å². The molecule has 3 aromatic rings. The fourth-order valence-corrected chi connectivity index (χ4v) is 3.20. The maximum Gasteiger partial charge on any atom is 0.302 e. The van der Waals surface area contributed by atoms with Crippen LogP contribution in [-0.2, 0) is 22.6 Å². The molecule has 0 aliphatic carbocycles. The number of aryl methyl sites for hydroxylation is 1. The smallest absolute Gasteiger partial charge is 0.302 e. The van der Waals surface area contributed by atoms with Gasteiger partial charge in [-0.15, -0.1) is 0 Å². The highest BCUT2D eigenvalue weighted by molar-refractivity contribution is 14.1. The number of rotatable bonds is 6. The molecule has 3 nitrogen and oxygen atoms in total. The Morgan fingerprint density at radius 3 is 2.20 bits per heavy atom. The second-order valence-electron chi connectivity index (χ2n) is 6.93. The van der Waals surface area contributed by atoms with Crippen molar-refractivity contribution in [3.63, 3.8) is 0 Å². The number of ether oxygens (including phenoxy) is 2. The van der Waals surface area contributed by atoms with Crippen molar-refractivity contribution in [1.82, 2.24) is 0 Å². The molecule has 0 amide bonds. The van der Waals surface area contributed by atoms with Gasteiger partial charge >= 0.3 is 5.97 Å². The Morgan fingerprint density at radius 2 is 1.53 bits per heavy atom. The zero-order valence-corrected chi connectivity index (χ0v) is 19.2. The molecule has 0 spiro atoms. The summed E-state index contributed by atoms with van der Waals surface area (Å²) in [6, 6.07) is 22.3. The van der Waals surface area contributed by atoms with Crippen molar-refractivity contribution in [2.24, 2.45) is 0 Å². The summed E-state index contributed by atoms with van der Waals surface area (Å²) in [4.78, 5) is 10.8. The molecule has 0 bridgehead atoms. The Balaban J connectivity index is 1.58. The standard InChI is InChI=1S/C26H23IO3/c1-19-17-23(11-14-26(19)30-18-24-9-12-25(27)13-10-24)8-7-21-3-5-22(6-4-21)15-16-29-20(2)28/h3-6,9-14,17H,15-16,18H2,1-2H3. The first-order chi connectivity index (χ1) is 14.5. The lowest BCUT2D eigenvalue weighted by molar-refractivity contribution is -0.140. The summed E-state index contributed by atoms with van der Waals surface area (Å²) in [6.45, 7) is 4.40. The van der Waals surface area contributed by atoms with Gasteiger partial charge in [-0.3, -0.25) is 4.79 Å². The summed E-state index contributed by atoms with van der Waals surface area (Å²) in [6.07, 6.45) is 0.705. The number of hydrogen-bond donors (Lipinski definition) is 0. The third-order valence-corrected chi connectivity index (χ3v) is 5.20. The molecular weight excluding hydrogens is 487 g/mol. The van der Waals surface area contributed by atoms with Gasteiger partial charge in [-0.1, -0.05) is 36.1 Å². The summed E-state index contributed by atoms with van der Waals surface area (Å²) in [5.74, 6) is 7.03. The lowest BCUT2D eigenvalue weighted by Gasteiger charge is -2.09. The average Bonchev–Trinajstić information content (AvgIpc) is 2.73. The van der Waals surface area contributed by atoms with Crippen LogP contribution < -0.4 is 4.74 Å². The van der Waals surface area contributed by atoms with Crippen molar-refractivity contribution in [3.05, 3.63) is 98.1 Å². The first-order valence-corrected chi connectivity index (χ1v) is 10.8. The maximum atomic E-state index is 10.8. The van der Waals surface area contributed by atoms with Crippen LogP contribution in [0.5, 0.6) is 5.75 Å². The highest BCUT2D eigenvalue weighted by atomic mass is 127. The van der Waals surface area contributed by atoms with E-state index in [0.29, 0.717) is 19.6 Å². The molecule has 0 atom stereocenters. The number of carbonyl (C=O) groups is 1. The van der Waals surface area contributed by atoms with Gasteiger partial charge in [0.2, 0.25) is 0 Å². The molecule has 0 fully saturated rings. The number of halogens is 1. The van der Waals surface area contributed by atoms with Crippen molar-refractivity contribution in [2.75, 3.05) is 6.61 Å². The van der Waals surface area contributed by atoms with Crippen molar-refractivity contribution < 1.29 is 14.3 Å². The van der Waals surface area contributed by atoms with Crippen LogP contribution >= 0.6 is 22.6 Å². The Morgan fingerprint density at radius 1 is 0.900 bits per heavy atom. The van der Waals surface area contributed by atoms with Gasteiger partial charge in [0.05, 0.1) is 6.61 Å². The Hall–Kier alpha value is -2.78. The molecule has 4 heteroatoms. The van der Waals surface area contributed by atoms with Gasteiger partial charge in [0.1, 0.15) is 12.4 Å². The van der Waals surface area contributed by atoms with Crippen LogP contribution in [0.15, 0.2) is 66.7 Å². The Labute approximate surface area is 191 Å². The van der Waals surface area contributed by atoms with Gasteiger partial charge in [-0.05, 0) is 88.7 Å². The molecule has 30 heavy (non-hydrogen) atoms. The summed E-state index contributed by atoms with van der Waals surface area (Å²) >= 11 is 2.30. The van der Waals surface area contributed by atoms with Crippen LogP contribution in [0.2, 0.25) is 0 Å². The number of benzene rings is 3. The van der Waals surface area contributed by atoms with Gasteiger partial charge in [0.25, 0.3) is 0 Å². The molecule has 3 rings (SSSR count). The molecule has 0 unspecified atom stereocenters. The van der Waals surface area contributed by atoms with Crippen molar-refractivity contribution in [1.29, 1.82) is 0 Å². The monoisotopic (exact) mass is 510 g/mol. The average molecular weight is 510 g/mol. The minimum atomic E-state index is -0.251. The zero-order valence-electron chi connectivity index (χ0n) is 17.1. The number of hydrogen-bond acceptors (Lipinski definition) is 3. The summed E-state index contributed by atoms with van der Waals surface area (Å²) in [7, 11) is 0. The molecule has 0 N–H and O–H groups in total. The molecule has 3 aromatic carbocycles. The molecule has 0 saturated heterocycles. The predicted octanol–water partition coefficient (Wildman–Crippen LogP) is 5.68. The highest BCUT2D eigenvalue weighted by Crippen LogP contribution is 2.20. The molecule has 0 aliphatic rings. The van der Waals surface area contributed by atoms with Crippen molar-refractivity contribution >= 4 is 28.6 Å². The fraction of sp³-hybridized carbons (Fsp3) is 0.192. The lowest BCUT2D eigenvalue weighted by atomic mass is 10.1. The quantitative estimate of drug-likeness (QED) is 0.243. The molecule has 0 saturated carbocycles. The molecular formula is C26H23IO3. The normalized spacial score (nSPS) is 10.1. The van der Waals surface area contributed by atoms with Crippen LogP contribution in [0.4, 0.5) is 0 Å². The van der Waals surface area contributed by atoms with E-state index < -0.39 is 0 Å². The van der Waals surface area contributed by atoms with E-state index in [1.807, 2.05) is 49.4 Å². The second kappa shape index (κ2) is 10.8. The van der Waals surface area contributed by atoms with Gasteiger partial charge in [0.15, 0.2) is 0 Å². The molecule has 0 aliphatic heterocycles. The topological polar surface area (TPSA) is 35.5 Å². The highest BCUT2D eigenvalue weighted by Gasteiger charge is 2.02. The SMILES string of the molecule is CC(=O)OCCc1ccc(C#Cc2ccc(OCc3ccc(I)cc3)c(C)c2)cc1. The molecule has 0 radical (unpaired) electrons. The van der Waals surface area contributed by atoms with Gasteiger partial charge in [-0.2, -0.15) is 0 Å². The zero-order chi connectivity index (χ0) is 21.3. The molecule has 0 heterocycles. The summed E-state index contributed by atoms with van der Waals surface area (Å²) in [5.41, 5.74) is 5.23. The summed E-state index contributed by atoms with van der Waals surface area (Å²) < 4.78 is 12.1. The van der Waals surface area contributed by atoms with Gasteiger partial charge < -0.3 is 9.47 Å².